The van der Waals surface area contributed by atoms with Crippen molar-refractivity contribution in [2.24, 2.45) is 0 Å². The molecule has 0 saturated carbocycles. The average Bonchev–Trinajstić information content (AvgIpc) is 2.31. The molecular formula is C14H21BO2. The van der Waals surface area contributed by atoms with Crippen LogP contribution in [0.25, 0.3) is 0 Å². The molecule has 0 heterocycles. The molecule has 1 rings (SSSR count). The van der Waals surface area contributed by atoms with Gasteiger partial charge in [-0.1, -0.05) is 0 Å². The zero-order valence-corrected chi connectivity index (χ0v) is 11.3. The quantitative estimate of drug-likeness (QED) is 0.550. The monoisotopic (exact) mass is 232 g/mol. The molecule has 0 spiro atoms. The molecule has 0 aliphatic rings. The summed E-state index contributed by atoms with van der Waals surface area (Å²) in [4.78, 5) is 0. The Morgan fingerprint density at radius 2 is 1.88 bits per heavy atom. The first kappa shape index (κ1) is 14.0. The molecule has 92 valence electrons. The van der Waals surface area contributed by atoms with E-state index in [2.05, 4.69) is 33.3 Å². The Bertz CT molecular complexity index is 400. The van der Waals surface area contributed by atoms with E-state index in [-0.39, 0.29) is 0 Å². The molecule has 0 fully saturated rings. The summed E-state index contributed by atoms with van der Waals surface area (Å²) in [6, 6.07) is 2.07. The van der Waals surface area contributed by atoms with Gasteiger partial charge in [0.15, 0.2) is 0 Å². The van der Waals surface area contributed by atoms with Crippen molar-refractivity contribution in [1.29, 1.82) is 0 Å². The van der Waals surface area contributed by atoms with Crippen LogP contribution in [0, 0.1) is 20.8 Å². The minimum absolute atomic E-state index is 0.598. The first-order valence-corrected chi connectivity index (χ1v) is 6.05. The Morgan fingerprint density at radius 3 is 2.47 bits per heavy atom. The molecular weight excluding hydrogens is 211 g/mol. The van der Waals surface area contributed by atoms with Gasteiger partial charge in [-0.15, -0.1) is 0 Å². The van der Waals surface area contributed by atoms with Gasteiger partial charge in [-0.2, -0.15) is 0 Å². The number of hydrogen-bond donors (Lipinski definition) is 0. The second-order valence-electron chi connectivity index (χ2n) is 4.10. The molecule has 0 N–H and O–H groups in total. The van der Waals surface area contributed by atoms with Crippen molar-refractivity contribution < 1.29 is 9.47 Å². The van der Waals surface area contributed by atoms with E-state index < -0.39 is 0 Å². The van der Waals surface area contributed by atoms with E-state index in [9.17, 15) is 0 Å². The van der Waals surface area contributed by atoms with Crippen LogP contribution >= 0.6 is 0 Å². The topological polar surface area (TPSA) is 18.5 Å². The minimum atomic E-state index is 0.598. The van der Waals surface area contributed by atoms with E-state index in [4.69, 9.17) is 9.47 Å². The summed E-state index contributed by atoms with van der Waals surface area (Å²) in [7, 11) is 0. The van der Waals surface area contributed by atoms with E-state index in [0.29, 0.717) is 13.2 Å². The van der Waals surface area contributed by atoms with Gasteiger partial charge >= 0.3 is 104 Å². The molecule has 0 aromatic heterocycles. The molecule has 0 amide bonds. The van der Waals surface area contributed by atoms with Crippen LogP contribution in [-0.4, -0.2) is 33.2 Å². The Balaban J connectivity index is 2.83. The van der Waals surface area contributed by atoms with Gasteiger partial charge < -0.3 is 0 Å². The SMILES string of the molecule is C=Bc1c(C)cc(OCCOCC)c(C)c1C. The molecule has 0 aliphatic carbocycles. The molecule has 3 heteroatoms. The van der Waals surface area contributed by atoms with Crippen LogP contribution in [0.2, 0.25) is 0 Å². The molecule has 2 nitrogen and oxygen atoms in total. The van der Waals surface area contributed by atoms with Gasteiger partial charge in [0.2, 0.25) is 0 Å². The molecule has 0 saturated heterocycles. The molecule has 17 heavy (non-hydrogen) atoms. The van der Waals surface area contributed by atoms with Crippen LogP contribution in [-0.2, 0) is 4.74 Å². The summed E-state index contributed by atoms with van der Waals surface area (Å²) in [5, 5.41) is 0. The second kappa shape index (κ2) is 6.60. The Morgan fingerprint density at radius 1 is 1.18 bits per heavy atom. The van der Waals surface area contributed by atoms with Crippen molar-refractivity contribution in [3.05, 3.63) is 22.8 Å². The number of hydrogen-bond acceptors (Lipinski definition) is 2. The third-order valence-electron chi connectivity index (χ3n) is 3.00. The van der Waals surface area contributed by atoms with Crippen LogP contribution in [0.1, 0.15) is 23.6 Å². The third-order valence-corrected chi connectivity index (χ3v) is 3.00. The van der Waals surface area contributed by atoms with E-state index in [0.717, 1.165) is 12.4 Å². The maximum absolute atomic E-state index is 5.74. The molecule has 0 unspecified atom stereocenters. The van der Waals surface area contributed by atoms with Crippen molar-refractivity contribution in [2.45, 2.75) is 27.7 Å². The van der Waals surface area contributed by atoms with Crippen molar-refractivity contribution >= 4 is 18.9 Å². The van der Waals surface area contributed by atoms with Crippen molar-refractivity contribution in [3.8, 4) is 5.75 Å². The number of benzene rings is 1. The number of aryl methyl sites for hydroxylation is 1. The normalized spacial score (nSPS) is 10.1. The second-order valence-corrected chi connectivity index (χ2v) is 4.10. The summed E-state index contributed by atoms with van der Waals surface area (Å²) in [6.07, 6.45) is 0. The molecule has 1 aromatic rings. The fourth-order valence-electron chi connectivity index (χ4n) is 1.88. The Hall–Kier alpha value is -1.09. The van der Waals surface area contributed by atoms with Gasteiger partial charge in [0.25, 0.3) is 0 Å². The third kappa shape index (κ3) is 3.43. The molecule has 0 aliphatic heterocycles. The molecule has 0 bridgehead atoms. The van der Waals surface area contributed by atoms with Crippen LogP contribution < -0.4 is 10.2 Å². The van der Waals surface area contributed by atoms with E-state index in [1.165, 1.54) is 22.2 Å². The van der Waals surface area contributed by atoms with E-state index in [1.54, 1.807) is 0 Å². The van der Waals surface area contributed by atoms with Gasteiger partial charge in [0.05, 0.1) is 0 Å². The molecule has 1 aromatic carbocycles. The van der Waals surface area contributed by atoms with Gasteiger partial charge in [0.1, 0.15) is 0 Å². The number of ether oxygens (including phenoxy) is 2. The molecule has 0 atom stereocenters. The average molecular weight is 232 g/mol. The zero-order valence-electron chi connectivity index (χ0n) is 11.3. The predicted molar refractivity (Wildman–Crippen MR) is 75.2 cm³/mol. The van der Waals surface area contributed by atoms with Crippen LogP contribution in [0.3, 0.4) is 0 Å². The van der Waals surface area contributed by atoms with E-state index >= 15 is 0 Å². The maximum atomic E-state index is 5.74. The zero-order chi connectivity index (χ0) is 12.8. The van der Waals surface area contributed by atoms with Crippen LogP contribution in [0.5, 0.6) is 5.75 Å². The van der Waals surface area contributed by atoms with Crippen molar-refractivity contribution in [3.63, 3.8) is 0 Å². The number of rotatable bonds is 6. The van der Waals surface area contributed by atoms with Gasteiger partial charge in [0, 0.05) is 0 Å². The Labute approximate surface area is 105 Å². The summed E-state index contributed by atoms with van der Waals surface area (Å²) < 4.78 is 11.0. The van der Waals surface area contributed by atoms with Gasteiger partial charge in [-0.3, -0.25) is 0 Å². The summed E-state index contributed by atoms with van der Waals surface area (Å²) in [5.41, 5.74) is 4.84. The summed E-state index contributed by atoms with van der Waals surface area (Å²) in [5.74, 6) is 0.949. The standard InChI is InChI=1S/C14H21BO2/c1-6-16-7-8-17-13-9-10(2)14(15-5)12(4)11(13)3/h9H,5-8H2,1-4H3. The van der Waals surface area contributed by atoms with Gasteiger partial charge in [-0.05, 0) is 0 Å². The fourth-order valence-corrected chi connectivity index (χ4v) is 1.88. The van der Waals surface area contributed by atoms with Crippen LogP contribution in [0.4, 0.5) is 0 Å². The van der Waals surface area contributed by atoms with Crippen molar-refractivity contribution in [2.75, 3.05) is 19.8 Å². The van der Waals surface area contributed by atoms with E-state index in [1.807, 2.05) is 13.8 Å². The Kier molecular flexibility index (Phi) is 5.43. The fraction of sp³-hybridized carbons (Fsp3) is 0.500. The van der Waals surface area contributed by atoms with Crippen LogP contribution in [0.15, 0.2) is 6.07 Å². The first-order chi connectivity index (χ1) is 8.11. The molecule has 0 radical (unpaired) electrons. The van der Waals surface area contributed by atoms with Crippen molar-refractivity contribution in [1.82, 2.24) is 0 Å². The van der Waals surface area contributed by atoms with Gasteiger partial charge in [-0.25, -0.2) is 0 Å². The summed E-state index contributed by atoms with van der Waals surface area (Å²) in [6.45, 7) is 16.0. The first-order valence-electron chi connectivity index (χ1n) is 6.05. The summed E-state index contributed by atoms with van der Waals surface area (Å²) >= 11 is 0. The predicted octanol–water partition coefficient (Wildman–Crippen LogP) is 1.79.